The maximum Gasteiger partial charge on any atom is 0.219 e. The zero-order chi connectivity index (χ0) is 19.6. The molecule has 1 fully saturated rings. The molecular formula is C20H22N6O2S. The first-order valence-electron chi connectivity index (χ1n) is 9.80. The molecule has 0 amide bonds. The Morgan fingerprint density at radius 1 is 1.21 bits per heavy atom. The van der Waals surface area contributed by atoms with Crippen molar-refractivity contribution >= 4 is 28.5 Å². The van der Waals surface area contributed by atoms with Gasteiger partial charge in [0.1, 0.15) is 18.2 Å². The minimum atomic E-state index is -0.104. The first kappa shape index (κ1) is 18.3. The molecule has 0 bridgehead atoms. The Bertz CT molecular complexity index is 1000. The van der Waals surface area contributed by atoms with Crippen LogP contribution in [-0.4, -0.2) is 68.6 Å². The van der Waals surface area contributed by atoms with Gasteiger partial charge in [-0.25, -0.2) is 4.98 Å². The fourth-order valence-corrected chi connectivity index (χ4v) is 4.25. The smallest absolute Gasteiger partial charge is 0.219 e. The highest BCUT2D eigenvalue weighted by molar-refractivity contribution is 7.80. The standard InChI is InChI=1S/C20H22N6O2S/c29-20(22-16-10-14-4-1-2-5-15(14)11-16)25-8-9-27-17(12-25)13-28-26-19-18(23-24-26)6-3-7-21-19/h1-7,16-17H,8-13H2,(H,22,29). The van der Waals surface area contributed by atoms with E-state index in [9.17, 15) is 0 Å². The predicted molar refractivity (Wildman–Crippen MR) is 111 cm³/mol. The van der Waals surface area contributed by atoms with Crippen molar-refractivity contribution in [2.24, 2.45) is 0 Å². The molecule has 3 heterocycles. The average Bonchev–Trinajstić information content (AvgIpc) is 3.36. The number of pyridine rings is 1. The average molecular weight is 411 g/mol. The van der Waals surface area contributed by atoms with Crippen LogP contribution in [-0.2, 0) is 17.6 Å². The molecule has 5 rings (SSSR count). The van der Waals surface area contributed by atoms with E-state index in [-0.39, 0.29) is 6.10 Å². The molecule has 150 valence electrons. The second kappa shape index (κ2) is 7.92. The van der Waals surface area contributed by atoms with Crippen LogP contribution in [0.1, 0.15) is 11.1 Å². The molecule has 0 saturated carbocycles. The summed E-state index contributed by atoms with van der Waals surface area (Å²) in [6.07, 6.45) is 3.61. The second-order valence-corrected chi connectivity index (χ2v) is 7.75. The summed E-state index contributed by atoms with van der Waals surface area (Å²) in [5.74, 6) is 0. The molecule has 1 aliphatic carbocycles. The molecule has 3 aromatic rings. The topological polar surface area (TPSA) is 77.3 Å². The lowest BCUT2D eigenvalue weighted by molar-refractivity contribution is -0.0615. The molecule has 1 atom stereocenters. The fraction of sp³-hybridized carbons (Fsp3) is 0.400. The number of ether oxygens (including phenoxy) is 1. The van der Waals surface area contributed by atoms with Crippen LogP contribution in [0, 0.1) is 0 Å². The van der Waals surface area contributed by atoms with Crippen molar-refractivity contribution < 1.29 is 9.57 Å². The SMILES string of the molecule is S=C(NC1Cc2ccccc2C1)N1CCOC(COn2nnc3cccnc32)C1. The molecule has 0 spiro atoms. The van der Waals surface area contributed by atoms with Gasteiger partial charge in [-0.3, -0.25) is 0 Å². The summed E-state index contributed by atoms with van der Waals surface area (Å²) >= 11 is 5.68. The molecule has 2 aliphatic rings. The summed E-state index contributed by atoms with van der Waals surface area (Å²) in [6, 6.07) is 12.6. The van der Waals surface area contributed by atoms with Gasteiger partial charge in [-0.2, -0.15) is 0 Å². The van der Waals surface area contributed by atoms with E-state index >= 15 is 0 Å². The summed E-state index contributed by atoms with van der Waals surface area (Å²) in [7, 11) is 0. The highest BCUT2D eigenvalue weighted by Crippen LogP contribution is 2.22. The Kier molecular flexibility index (Phi) is 4.99. The largest absolute Gasteiger partial charge is 0.391 e. The van der Waals surface area contributed by atoms with Gasteiger partial charge in [0.15, 0.2) is 5.11 Å². The summed E-state index contributed by atoms with van der Waals surface area (Å²) in [4.78, 5) is 13.5. The van der Waals surface area contributed by atoms with Gasteiger partial charge in [0, 0.05) is 25.3 Å². The first-order chi connectivity index (χ1) is 14.3. The summed E-state index contributed by atoms with van der Waals surface area (Å²) < 4.78 is 5.85. The summed E-state index contributed by atoms with van der Waals surface area (Å²) in [6.45, 7) is 2.40. The number of thiocarbonyl (C=S) groups is 1. The van der Waals surface area contributed by atoms with Gasteiger partial charge in [0.05, 0.1) is 6.61 Å². The van der Waals surface area contributed by atoms with E-state index in [1.807, 2.05) is 12.1 Å². The second-order valence-electron chi connectivity index (χ2n) is 7.37. The van der Waals surface area contributed by atoms with E-state index in [1.54, 1.807) is 6.20 Å². The van der Waals surface area contributed by atoms with Crippen LogP contribution in [0.5, 0.6) is 0 Å². The Morgan fingerprint density at radius 2 is 2.03 bits per heavy atom. The highest BCUT2D eigenvalue weighted by atomic mass is 32.1. The van der Waals surface area contributed by atoms with E-state index in [1.165, 1.54) is 16.0 Å². The van der Waals surface area contributed by atoms with E-state index in [0.717, 1.165) is 24.5 Å². The number of nitrogens with one attached hydrogen (secondary N) is 1. The molecule has 1 N–H and O–H groups in total. The minimum absolute atomic E-state index is 0.104. The number of hydrogen-bond donors (Lipinski definition) is 1. The lowest BCUT2D eigenvalue weighted by Gasteiger charge is -2.35. The lowest BCUT2D eigenvalue weighted by atomic mass is 10.1. The van der Waals surface area contributed by atoms with Gasteiger partial charge in [0.25, 0.3) is 0 Å². The van der Waals surface area contributed by atoms with Gasteiger partial charge in [-0.15, -0.1) is 5.10 Å². The molecule has 1 aliphatic heterocycles. The number of benzene rings is 1. The van der Waals surface area contributed by atoms with Crippen molar-refractivity contribution in [3.63, 3.8) is 0 Å². The van der Waals surface area contributed by atoms with Crippen LogP contribution < -0.4 is 10.2 Å². The maximum atomic E-state index is 5.85. The quantitative estimate of drug-likeness (QED) is 0.639. The molecule has 1 saturated heterocycles. The van der Waals surface area contributed by atoms with Gasteiger partial charge in [-0.1, -0.05) is 29.1 Å². The number of aromatic nitrogens is 4. The number of nitrogens with zero attached hydrogens (tertiary/aromatic N) is 5. The predicted octanol–water partition coefficient (Wildman–Crippen LogP) is 0.998. The Labute approximate surface area is 173 Å². The molecule has 9 heteroatoms. The van der Waals surface area contributed by atoms with Crippen molar-refractivity contribution in [3.8, 4) is 0 Å². The Morgan fingerprint density at radius 3 is 2.86 bits per heavy atom. The molecule has 0 radical (unpaired) electrons. The van der Waals surface area contributed by atoms with Crippen LogP contribution in [0.4, 0.5) is 0 Å². The van der Waals surface area contributed by atoms with Crippen molar-refractivity contribution in [2.45, 2.75) is 25.0 Å². The first-order valence-corrected chi connectivity index (χ1v) is 10.2. The number of rotatable bonds is 4. The van der Waals surface area contributed by atoms with Crippen molar-refractivity contribution in [1.82, 2.24) is 30.4 Å². The molecule has 1 aromatic carbocycles. The third-order valence-electron chi connectivity index (χ3n) is 5.37. The summed E-state index contributed by atoms with van der Waals surface area (Å²) in [5.41, 5.74) is 4.12. The molecular weight excluding hydrogens is 388 g/mol. The van der Waals surface area contributed by atoms with Crippen LogP contribution in [0.25, 0.3) is 11.2 Å². The van der Waals surface area contributed by atoms with Gasteiger partial charge < -0.3 is 19.8 Å². The molecule has 2 aromatic heterocycles. The highest BCUT2D eigenvalue weighted by Gasteiger charge is 2.27. The Balaban J connectivity index is 1.15. The maximum absolute atomic E-state index is 5.85. The van der Waals surface area contributed by atoms with Crippen LogP contribution in [0.15, 0.2) is 42.6 Å². The van der Waals surface area contributed by atoms with Gasteiger partial charge >= 0.3 is 0 Å². The summed E-state index contributed by atoms with van der Waals surface area (Å²) in [5, 5.41) is 12.4. The molecule has 8 nitrogen and oxygen atoms in total. The van der Waals surface area contributed by atoms with Crippen LogP contribution in [0.3, 0.4) is 0 Å². The number of morpholine rings is 1. The lowest BCUT2D eigenvalue weighted by Crippen LogP contribution is -2.53. The van der Waals surface area contributed by atoms with E-state index < -0.39 is 0 Å². The number of fused-ring (bicyclic) bond motifs is 2. The van der Waals surface area contributed by atoms with Crippen LogP contribution >= 0.6 is 12.2 Å². The fourth-order valence-electron chi connectivity index (χ4n) is 3.92. The molecule has 29 heavy (non-hydrogen) atoms. The van der Waals surface area contributed by atoms with Crippen molar-refractivity contribution in [2.75, 3.05) is 26.3 Å². The van der Waals surface area contributed by atoms with Crippen molar-refractivity contribution in [1.29, 1.82) is 0 Å². The zero-order valence-corrected chi connectivity index (χ0v) is 16.7. The Hall–Kier alpha value is -2.78. The zero-order valence-electron chi connectivity index (χ0n) is 15.9. The van der Waals surface area contributed by atoms with Crippen molar-refractivity contribution in [3.05, 3.63) is 53.7 Å². The van der Waals surface area contributed by atoms with Crippen LogP contribution in [0.2, 0.25) is 0 Å². The third kappa shape index (κ3) is 3.88. The van der Waals surface area contributed by atoms with E-state index in [0.29, 0.717) is 37.0 Å². The van der Waals surface area contributed by atoms with Gasteiger partial charge in [-0.05, 0) is 53.5 Å². The monoisotopic (exact) mass is 410 g/mol. The normalized spacial score (nSPS) is 19.3. The molecule has 1 unspecified atom stereocenters. The minimum Gasteiger partial charge on any atom is -0.391 e. The number of hydrogen-bond acceptors (Lipinski definition) is 6. The van der Waals surface area contributed by atoms with E-state index in [2.05, 4.69) is 49.8 Å². The van der Waals surface area contributed by atoms with E-state index in [4.69, 9.17) is 21.8 Å². The van der Waals surface area contributed by atoms with Gasteiger partial charge in [0.2, 0.25) is 5.65 Å². The third-order valence-corrected chi connectivity index (χ3v) is 5.74.